The predicted octanol–water partition coefficient (Wildman–Crippen LogP) is 3.08. The van der Waals surface area contributed by atoms with Gasteiger partial charge in [-0.15, -0.1) is 0 Å². The molecule has 34 heavy (non-hydrogen) atoms. The van der Waals surface area contributed by atoms with E-state index in [2.05, 4.69) is 39.9 Å². The van der Waals surface area contributed by atoms with Gasteiger partial charge in [0, 0.05) is 50.5 Å². The number of piperidine rings is 1. The third-order valence-corrected chi connectivity index (χ3v) is 8.64. The number of aromatic nitrogens is 3. The fraction of sp³-hybridized carbons (Fsp3) is 0.625. The molecule has 1 atom stereocenters. The molecule has 5 heterocycles. The summed E-state index contributed by atoms with van der Waals surface area (Å²) >= 11 is 0. The van der Waals surface area contributed by atoms with E-state index < -0.39 is 10.0 Å². The number of nitrogens with zero attached hydrogens (tertiary/aromatic N) is 5. The lowest BCUT2D eigenvalue weighted by Gasteiger charge is -2.39. The number of hydrogen-bond acceptors (Lipinski definition) is 8. The van der Waals surface area contributed by atoms with Crippen LogP contribution in [0.4, 0.5) is 5.95 Å². The number of anilines is 1. The summed E-state index contributed by atoms with van der Waals surface area (Å²) in [5, 5.41) is 4.16. The van der Waals surface area contributed by atoms with Crippen molar-refractivity contribution in [2.45, 2.75) is 58.0 Å². The number of hydrogen-bond donors (Lipinski definition) is 0. The van der Waals surface area contributed by atoms with Gasteiger partial charge in [-0.1, -0.05) is 13.0 Å². The molecule has 0 radical (unpaired) electrons. The van der Waals surface area contributed by atoms with E-state index in [0.717, 1.165) is 62.2 Å². The van der Waals surface area contributed by atoms with Crippen LogP contribution in [0.1, 0.15) is 56.7 Å². The lowest BCUT2D eigenvalue weighted by atomic mass is 9.79. The van der Waals surface area contributed by atoms with Crippen LogP contribution < -0.4 is 9.64 Å². The van der Waals surface area contributed by atoms with Crippen LogP contribution >= 0.6 is 0 Å². The van der Waals surface area contributed by atoms with Crippen molar-refractivity contribution in [2.24, 2.45) is 5.92 Å². The molecule has 1 unspecified atom stereocenters. The van der Waals surface area contributed by atoms with E-state index in [-0.39, 0.29) is 5.60 Å². The second-order valence-electron chi connectivity index (χ2n) is 9.87. The quantitative estimate of drug-likeness (QED) is 0.613. The zero-order valence-electron chi connectivity index (χ0n) is 20.2. The van der Waals surface area contributed by atoms with E-state index in [4.69, 9.17) is 9.26 Å². The van der Waals surface area contributed by atoms with Crippen LogP contribution in [0.2, 0.25) is 0 Å². The second kappa shape index (κ2) is 8.96. The largest absolute Gasteiger partial charge is 0.485 e. The Morgan fingerprint density at radius 1 is 1.24 bits per heavy atom. The Morgan fingerprint density at radius 2 is 2.03 bits per heavy atom. The first-order valence-corrected chi connectivity index (χ1v) is 14.0. The summed E-state index contributed by atoms with van der Waals surface area (Å²) in [6.07, 6.45) is 10.4. The van der Waals surface area contributed by atoms with Crippen molar-refractivity contribution in [1.82, 2.24) is 19.4 Å². The highest BCUT2D eigenvalue weighted by atomic mass is 32.2. The molecule has 0 bridgehead atoms. The third kappa shape index (κ3) is 4.57. The molecule has 0 N–H and O–H groups in total. The summed E-state index contributed by atoms with van der Waals surface area (Å²) in [6.45, 7) is 6.99. The van der Waals surface area contributed by atoms with E-state index >= 15 is 0 Å². The van der Waals surface area contributed by atoms with Gasteiger partial charge in [-0.25, -0.2) is 8.42 Å². The van der Waals surface area contributed by atoms with Crippen molar-refractivity contribution in [3.63, 3.8) is 0 Å². The highest BCUT2D eigenvalue weighted by Gasteiger charge is 2.43. The van der Waals surface area contributed by atoms with Gasteiger partial charge < -0.3 is 14.2 Å². The Balaban J connectivity index is 1.23. The van der Waals surface area contributed by atoms with Gasteiger partial charge in [0.2, 0.25) is 15.9 Å². The molecular formula is C24H33N5O4S. The van der Waals surface area contributed by atoms with E-state index in [1.54, 1.807) is 0 Å². The zero-order valence-corrected chi connectivity index (χ0v) is 21.0. The summed E-state index contributed by atoms with van der Waals surface area (Å²) in [4.78, 5) is 11.4. The first-order valence-electron chi connectivity index (χ1n) is 12.1. The molecule has 1 saturated heterocycles. The SMILES string of the molecule is CCCc1nc(N2CCC(C3(C)Cc4cc(C5=CCN(S(C)(=O)=O)CC5)ncc4O3)CC2)no1. The Bertz CT molecular complexity index is 1190. The molecule has 0 aromatic carbocycles. The average molecular weight is 488 g/mol. The highest BCUT2D eigenvalue weighted by molar-refractivity contribution is 7.88. The summed E-state index contributed by atoms with van der Waals surface area (Å²) in [5.74, 6) is 2.71. The van der Waals surface area contributed by atoms with Gasteiger partial charge in [0.15, 0.2) is 0 Å². The molecule has 3 aliphatic rings. The molecule has 2 aromatic rings. The number of fused-ring (bicyclic) bond motifs is 1. The van der Waals surface area contributed by atoms with Crippen LogP contribution in [-0.2, 0) is 22.9 Å². The molecule has 1 fully saturated rings. The highest BCUT2D eigenvalue weighted by Crippen LogP contribution is 2.43. The molecular weight excluding hydrogens is 454 g/mol. The van der Waals surface area contributed by atoms with Gasteiger partial charge >= 0.3 is 0 Å². The average Bonchev–Trinajstić information content (AvgIpc) is 3.43. The molecule has 184 valence electrons. The summed E-state index contributed by atoms with van der Waals surface area (Å²) in [5.41, 5.74) is 2.96. The first kappa shape index (κ1) is 23.3. The van der Waals surface area contributed by atoms with Gasteiger partial charge in [-0.05, 0) is 49.4 Å². The van der Waals surface area contributed by atoms with Crippen molar-refractivity contribution >= 4 is 21.5 Å². The summed E-state index contributed by atoms with van der Waals surface area (Å²) in [7, 11) is -3.16. The normalized spacial score (nSPS) is 24.1. The molecule has 2 aromatic heterocycles. The van der Waals surface area contributed by atoms with E-state index in [9.17, 15) is 8.42 Å². The predicted molar refractivity (Wildman–Crippen MR) is 129 cm³/mol. The van der Waals surface area contributed by atoms with Gasteiger partial charge in [0.05, 0.1) is 18.1 Å². The number of rotatable bonds is 6. The minimum Gasteiger partial charge on any atom is -0.485 e. The molecule has 0 amide bonds. The lowest BCUT2D eigenvalue weighted by molar-refractivity contribution is 0.0347. The standard InChI is InChI=1S/C24H33N5O4S/c1-4-5-22-26-23(27-33-22)28-10-8-19(9-11-28)24(2)15-18-14-20(25-16-21(18)32-24)17-6-12-29(13-7-17)34(3,30)31/h6,14,16,19H,4-5,7-13,15H2,1-3H3. The summed E-state index contributed by atoms with van der Waals surface area (Å²) < 4.78 is 36.9. The van der Waals surface area contributed by atoms with E-state index in [0.29, 0.717) is 37.3 Å². The summed E-state index contributed by atoms with van der Waals surface area (Å²) in [6, 6.07) is 2.13. The Morgan fingerprint density at radius 3 is 2.71 bits per heavy atom. The van der Waals surface area contributed by atoms with Crippen LogP contribution in [0.25, 0.3) is 5.57 Å². The maximum Gasteiger partial charge on any atom is 0.266 e. The van der Waals surface area contributed by atoms with Crippen LogP contribution in [0, 0.1) is 5.92 Å². The Hall–Kier alpha value is -2.46. The minimum absolute atomic E-state index is 0.257. The number of sulfonamides is 1. The fourth-order valence-electron chi connectivity index (χ4n) is 5.35. The van der Waals surface area contributed by atoms with Gasteiger partial charge in [-0.3, -0.25) is 4.98 Å². The Kier molecular flexibility index (Phi) is 6.14. The monoisotopic (exact) mass is 487 g/mol. The molecule has 3 aliphatic heterocycles. The van der Waals surface area contributed by atoms with Crippen molar-refractivity contribution in [3.05, 3.63) is 35.5 Å². The molecule has 9 nitrogen and oxygen atoms in total. The van der Waals surface area contributed by atoms with Crippen molar-refractivity contribution in [2.75, 3.05) is 37.3 Å². The van der Waals surface area contributed by atoms with Gasteiger partial charge in [0.1, 0.15) is 11.4 Å². The maximum absolute atomic E-state index is 11.8. The second-order valence-corrected chi connectivity index (χ2v) is 11.9. The third-order valence-electron chi connectivity index (χ3n) is 7.37. The minimum atomic E-state index is -3.16. The van der Waals surface area contributed by atoms with E-state index in [1.165, 1.54) is 16.1 Å². The number of pyridine rings is 1. The number of ether oxygens (including phenoxy) is 1. The zero-order chi connectivity index (χ0) is 23.9. The van der Waals surface area contributed by atoms with Crippen molar-refractivity contribution in [3.8, 4) is 5.75 Å². The fourth-order valence-corrected chi connectivity index (χ4v) is 6.12. The molecule has 0 saturated carbocycles. The van der Waals surface area contributed by atoms with Crippen LogP contribution in [0.3, 0.4) is 0 Å². The van der Waals surface area contributed by atoms with Crippen LogP contribution in [-0.4, -0.2) is 65.9 Å². The van der Waals surface area contributed by atoms with Crippen molar-refractivity contribution < 1.29 is 17.7 Å². The number of aryl methyl sites for hydroxylation is 1. The van der Waals surface area contributed by atoms with Gasteiger partial charge in [0.25, 0.3) is 5.95 Å². The molecule has 0 aliphatic carbocycles. The van der Waals surface area contributed by atoms with Crippen LogP contribution in [0.5, 0.6) is 5.75 Å². The first-order chi connectivity index (χ1) is 16.2. The molecule has 5 rings (SSSR count). The van der Waals surface area contributed by atoms with Crippen molar-refractivity contribution in [1.29, 1.82) is 0 Å². The molecule has 0 spiro atoms. The van der Waals surface area contributed by atoms with Crippen LogP contribution in [0.15, 0.2) is 22.9 Å². The Labute approximate surface area is 201 Å². The smallest absolute Gasteiger partial charge is 0.266 e. The lowest BCUT2D eigenvalue weighted by Crippen LogP contribution is -2.46. The van der Waals surface area contributed by atoms with E-state index in [1.807, 2.05) is 12.3 Å². The maximum atomic E-state index is 11.8. The molecule has 10 heteroatoms. The topological polar surface area (TPSA) is 102 Å². The van der Waals surface area contributed by atoms with Gasteiger partial charge in [-0.2, -0.15) is 9.29 Å².